The van der Waals surface area contributed by atoms with Crippen LogP contribution in [0.2, 0.25) is 5.02 Å². The number of imidazole rings is 1. The van der Waals surface area contributed by atoms with Crippen LogP contribution in [-0.2, 0) is 19.5 Å². The van der Waals surface area contributed by atoms with Gasteiger partial charge >= 0.3 is 0 Å². The van der Waals surface area contributed by atoms with E-state index in [1.807, 2.05) is 32.2 Å². The number of fused-ring (bicyclic) bond motifs is 1. The summed E-state index contributed by atoms with van der Waals surface area (Å²) in [5, 5.41) is 0.675. The highest BCUT2D eigenvalue weighted by Crippen LogP contribution is 2.24. The standard InChI is InChI=1S/C22H22ClN3O/c1-15-11-18(8-9-19(15)23)22(27)25(2)13-16-5-3-6-17(12-16)20-14-26-10-4-7-21(26)24-20/h3,5-6,8-9,11-12,14H,4,7,10,13H2,1-2H3. The van der Waals surface area contributed by atoms with Crippen molar-refractivity contribution < 1.29 is 4.79 Å². The van der Waals surface area contributed by atoms with Crippen molar-refractivity contribution in [2.45, 2.75) is 32.9 Å². The Balaban J connectivity index is 1.51. The molecule has 0 radical (unpaired) electrons. The largest absolute Gasteiger partial charge is 0.337 e. The van der Waals surface area contributed by atoms with E-state index < -0.39 is 0 Å². The van der Waals surface area contributed by atoms with Crippen molar-refractivity contribution in [2.75, 3.05) is 7.05 Å². The fourth-order valence-electron chi connectivity index (χ4n) is 3.57. The third-order valence-corrected chi connectivity index (χ3v) is 5.48. The van der Waals surface area contributed by atoms with E-state index in [1.165, 1.54) is 12.2 Å². The summed E-state index contributed by atoms with van der Waals surface area (Å²) in [5.74, 6) is 1.15. The molecule has 0 unspecified atom stereocenters. The topological polar surface area (TPSA) is 38.1 Å². The van der Waals surface area contributed by atoms with Crippen molar-refractivity contribution in [2.24, 2.45) is 0 Å². The predicted molar refractivity (Wildman–Crippen MR) is 108 cm³/mol. The number of benzene rings is 2. The van der Waals surface area contributed by atoms with Gasteiger partial charge in [-0.2, -0.15) is 0 Å². The number of rotatable bonds is 4. The van der Waals surface area contributed by atoms with E-state index >= 15 is 0 Å². The first-order valence-electron chi connectivity index (χ1n) is 9.18. The van der Waals surface area contributed by atoms with E-state index in [1.54, 1.807) is 17.0 Å². The van der Waals surface area contributed by atoms with Gasteiger partial charge in [0.2, 0.25) is 0 Å². The van der Waals surface area contributed by atoms with Crippen LogP contribution in [0.15, 0.2) is 48.7 Å². The number of carbonyl (C=O) groups excluding carboxylic acids is 1. The number of nitrogens with zero attached hydrogens (tertiary/aromatic N) is 3. The average molecular weight is 380 g/mol. The molecule has 3 aromatic rings. The quantitative estimate of drug-likeness (QED) is 0.657. The maximum Gasteiger partial charge on any atom is 0.253 e. The predicted octanol–water partition coefficient (Wildman–Crippen LogP) is 4.73. The summed E-state index contributed by atoms with van der Waals surface area (Å²) in [6.45, 7) is 3.51. The molecule has 0 atom stereocenters. The van der Waals surface area contributed by atoms with Crippen molar-refractivity contribution in [3.05, 3.63) is 76.2 Å². The molecule has 0 bridgehead atoms. The summed E-state index contributed by atoms with van der Waals surface area (Å²) in [4.78, 5) is 19.2. The Hall–Kier alpha value is -2.59. The lowest BCUT2D eigenvalue weighted by Gasteiger charge is -2.18. The van der Waals surface area contributed by atoms with Gasteiger partial charge in [-0.15, -0.1) is 0 Å². The Kier molecular flexibility index (Phi) is 4.75. The van der Waals surface area contributed by atoms with Crippen molar-refractivity contribution in [1.82, 2.24) is 14.5 Å². The summed E-state index contributed by atoms with van der Waals surface area (Å²) in [5.41, 5.74) is 4.75. The molecule has 1 aromatic heterocycles. The lowest BCUT2D eigenvalue weighted by atomic mass is 10.1. The van der Waals surface area contributed by atoms with Crippen molar-refractivity contribution in [3.63, 3.8) is 0 Å². The molecule has 1 aliphatic rings. The van der Waals surface area contributed by atoms with E-state index in [2.05, 4.69) is 22.9 Å². The number of carbonyl (C=O) groups is 1. The molecule has 1 amide bonds. The Morgan fingerprint density at radius 3 is 2.89 bits per heavy atom. The van der Waals surface area contributed by atoms with Gasteiger partial charge in [-0.3, -0.25) is 4.79 Å². The number of amides is 1. The molecule has 0 saturated carbocycles. The van der Waals surface area contributed by atoms with Crippen molar-refractivity contribution in [3.8, 4) is 11.3 Å². The van der Waals surface area contributed by atoms with Gasteiger partial charge in [0.05, 0.1) is 5.69 Å². The second kappa shape index (κ2) is 7.20. The van der Waals surface area contributed by atoms with E-state index in [-0.39, 0.29) is 5.91 Å². The van der Waals surface area contributed by atoms with Gasteiger partial charge in [0.15, 0.2) is 0 Å². The SMILES string of the molecule is Cc1cc(C(=O)N(C)Cc2cccc(-c3cn4c(n3)CCC4)c2)ccc1Cl. The average Bonchev–Trinajstić information content (AvgIpc) is 3.25. The molecule has 4 nitrogen and oxygen atoms in total. The lowest BCUT2D eigenvalue weighted by molar-refractivity contribution is 0.0785. The maximum absolute atomic E-state index is 12.7. The van der Waals surface area contributed by atoms with Crippen LogP contribution in [0.25, 0.3) is 11.3 Å². The van der Waals surface area contributed by atoms with Gasteiger partial charge in [-0.1, -0.05) is 29.8 Å². The zero-order chi connectivity index (χ0) is 19.0. The van der Waals surface area contributed by atoms with Crippen LogP contribution in [0.5, 0.6) is 0 Å². The molecule has 4 rings (SSSR count). The van der Waals surface area contributed by atoms with Crippen LogP contribution in [0.3, 0.4) is 0 Å². The van der Waals surface area contributed by atoms with Crippen molar-refractivity contribution in [1.29, 1.82) is 0 Å². The second-order valence-electron chi connectivity index (χ2n) is 7.16. The van der Waals surface area contributed by atoms with Gasteiger partial charge in [0.1, 0.15) is 5.82 Å². The minimum absolute atomic E-state index is 0.0128. The summed E-state index contributed by atoms with van der Waals surface area (Å²) < 4.78 is 2.24. The summed E-state index contributed by atoms with van der Waals surface area (Å²) in [6, 6.07) is 13.7. The van der Waals surface area contributed by atoms with Crippen LogP contribution in [0.1, 0.15) is 33.7 Å². The third-order valence-electron chi connectivity index (χ3n) is 5.05. The zero-order valence-electron chi connectivity index (χ0n) is 15.6. The molecule has 0 N–H and O–H groups in total. The molecule has 0 saturated heterocycles. The molecule has 0 spiro atoms. The Labute approximate surface area is 164 Å². The molecule has 0 fully saturated rings. The van der Waals surface area contributed by atoms with Crippen LogP contribution in [0.4, 0.5) is 0 Å². The second-order valence-corrected chi connectivity index (χ2v) is 7.57. The molecule has 5 heteroatoms. The molecule has 138 valence electrons. The first kappa shape index (κ1) is 17.8. The molecule has 2 aromatic carbocycles. The zero-order valence-corrected chi connectivity index (χ0v) is 16.3. The Bertz CT molecular complexity index is 987. The van der Waals surface area contributed by atoms with Crippen LogP contribution >= 0.6 is 11.6 Å². The number of aromatic nitrogens is 2. The fourth-order valence-corrected chi connectivity index (χ4v) is 3.68. The number of aryl methyl sites for hydroxylation is 3. The highest BCUT2D eigenvalue weighted by molar-refractivity contribution is 6.31. The van der Waals surface area contributed by atoms with E-state index in [0.29, 0.717) is 17.1 Å². The van der Waals surface area contributed by atoms with Crippen LogP contribution < -0.4 is 0 Å². The van der Waals surface area contributed by atoms with Crippen molar-refractivity contribution >= 4 is 17.5 Å². The molecule has 0 aliphatic carbocycles. The molecule has 2 heterocycles. The van der Waals surface area contributed by atoms with Crippen LogP contribution in [-0.4, -0.2) is 27.4 Å². The van der Waals surface area contributed by atoms with E-state index in [0.717, 1.165) is 35.3 Å². The smallest absolute Gasteiger partial charge is 0.253 e. The minimum Gasteiger partial charge on any atom is -0.337 e. The number of hydrogen-bond acceptors (Lipinski definition) is 2. The normalized spacial score (nSPS) is 12.9. The summed E-state index contributed by atoms with van der Waals surface area (Å²) in [7, 11) is 1.82. The Morgan fingerprint density at radius 1 is 1.26 bits per heavy atom. The van der Waals surface area contributed by atoms with Gasteiger partial charge in [0.25, 0.3) is 5.91 Å². The number of hydrogen-bond donors (Lipinski definition) is 0. The first-order chi connectivity index (χ1) is 13.0. The summed E-state index contributed by atoms with van der Waals surface area (Å²) in [6.07, 6.45) is 4.37. The minimum atomic E-state index is -0.0128. The monoisotopic (exact) mass is 379 g/mol. The van der Waals surface area contributed by atoms with Gasteiger partial charge < -0.3 is 9.47 Å². The molecule has 1 aliphatic heterocycles. The molecule has 27 heavy (non-hydrogen) atoms. The van der Waals surface area contributed by atoms with Gasteiger partial charge in [-0.25, -0.2) is 4.98 Å². The van der Waals surface area contributed by atoms with Gasteiger partial charge in [-0.05, 0) is 48.7 Å². The fraction of sp³-hybridized carbons (Fsp3) is 0.273. The van der Waals surface area contributed by atoms with Gasteiger partial charge in [0, 0.05) is 48.9 Å². The lowest BCUT2D eigenvalue weighted by Crippen LogP contribution is -2.26. The highest BCUT2D eigenvalue weighted by Gasteiger charge is 2.16. The molecular formula is C22H22ClN3O. The maximum atomic E-state index is 12.7. The third kappa shape index (κ3) is 3.62. The van der Waals surface area contributed by atoms with Crippen LogP contribution in [0, 0.1) is 6.92 Å². The van der Waals surface area contributed by atoms with E-state index in [9.17, 15) is 4.79 Å². The van der Waals surface area contributed by atoms with E-state index in [4.69, 9.17) is 16.6 Å². The first-order valence-corrected chi connectivity index (χ1v) is 9.56. The molecular weight excluding hydrogens is 358 g/mol. The summed E-state index contributed by atoms with van der Waals surface area (Å²) >= 11 is 6.07. The Morgan fingerprint density at radius 2 is 2.11 bits per heavy atom. The highest BCUT2D eigenvalue weighted by atomic mass is 35.5. The number of halogens is 1.